The van der Waals surface area contributed by atoms with Gasteiger partial charge in [0.05, 0.1) is 17.7 Å². The highest BCUT2D eigenvalue weighted by Gasteiger charge is 2.21. The Balaban J connectivity index is 2.20. The zero-order chi connectivity index (χ0) is 15.7. The van der Waals surface area contributed by atoms with E-state index in [0.29, 0.717) is 0 Å². The molecule has 0 unspecified atom stereocenters. The number of carboxylic acid groups (broad SMARTS) is 1. The Bertz CT molecular complexity index is 723. The van der Waals surface area contributed by atoms with E-state index in [2.05, 4.69) is 10.3 Å². The molecule has 0 saturated heterocycles. The number of aromatic carboxylic acids is 1. The van der Waals surface area contributed by atoms with E-state index in [1.54, 1.807) is 18.2 Å². The maximum absolute atomic E-state index is 11.2. The number of nitrogens with zero attached hydrogens (tertiary/aromatic N) is 1. The third-order valence-electron chi connectivity index (χ3n) is 4.32. The molecule has 116 valence electrons. The van der Waals surface area contributed by atoms with Crippen molar-refractivity contribution in [2.24, 2.45) is 0 Å². The molecule has 1 aromatic heterocycles. The van der Waals surface area contributed by atoms with Gasteiger partial charge in [0.15, 0.2) is 0 Å². The van der Waals surface area contributed by atoms with Crippen molar-refractivity contribution in [3.63, 3.8) is 0 Å². The highest BCUT2D eigenvalue weighted by Crippen LogP contribution is 2.35. The van der Waals surface area contributed by atoms with E-state index in [1.807, 2.05) is 6.92 Å². The summed E-state index contributed by atoms with van der Waals surface area (Å²) < 4.78 is 0. The minimum absolute atomic E-state index is 0.0382. The number of benzene rings is 1. The van der Waals surface area contributed by atoms with Crippen LogP contribution in [0.15, 0.2) is 18.2 Å². The van der Waals surface area contributed by atoms with Crippen molar-refractivity contribution in [2.75, 3.05) is 11.9 Å². The first-order valence-corrected chi connectivity index (χ1v) is 7.70. The summed E-state index contributed by atoms with van der Waals surface area (Å²) in [6.45, 7) is 2.06. The lowest BCUT2D eigenvalue weighted by Crippen LogP contribution is -2.23. The Morgan fingerprint density at radius 1 is 1.41 bits per heavy atom. The van der Waals surface area contributed by atoms with Crippen LogP contribution in [0.4, 0.5) is 5.69 Å². The van der Waals surface area contributed by atoms with Gasteiger partial charge in [0.1, 0.15) is 0 Å². The second kappa shape index (κ2) is 5.93. The van der Waals surface area contributed by atoms with Crippen LogP contribution in [0.3, 0.4) is 0 Å². The second-order valence-corrected chi connectivity index (χ2v) is 5.73. The average molecular weight is 300 g/mol. The number of aliphatic hydroxyl groups is 1. The fourth-order valence-electron chi connectivity index (χ4n) is 3.04. The quantitative estimate of drug-likeness (QED) is 0.790. The number of carbonyl (C=O) groups is 1. The number of carboxylic acids is 1. The smallest absolute Gasteiger partial charge is 0.335 e. The van der Waals surface area contributed by atoms with Crippen molar-refractivity contribution < 1.29 is 15.0 Å². The molecule has 1 atom stereocenters. The maximum Gasteiger partial charge on any atom is 0.335 e. The van der Waals surface area contributed by atoms with Crippen LogP contribution >= 0.6 is 0 Å². The molecule has 5 nitrogen and oxygen atoms in total. The van der Waals surface area contributed by atoms with Crippen LogP contribution in [-0.2, 0) is 12.8 Å². The number of hydrogen-bond donors (Lipinski definition) is 3. The van der Waals surface area contributed by atoms with Gasteiger partial charge in [-0.25, -0.2) is 4.79 Å². The molecule has 0 bridgehead atoms. The molecule has 22 heavy (non-hydrogen) atoms. The Morgan fingerprint density at radius 3 is 2.91 bits per heavy atom. The Labute approximate surface area is 129 Å². The number of anilines is 1. The molecule has 0 spiro atoms. The van der Waals surface area contributed by atoms with E-state index in [9.17, 15) is 15.0 Å². The fourth-order valence-corrected chi connectivity index (χ4v) is 3.04. The number of fused-ring (bicyclic) bond motifs is 2. The van der Waals surface area contributed by atoms with Crippen LogP contribution in [0.2, 0.25) is 0 Å². The lowest BCUT2D eigenvalue weighted by molar-refractivity contribution is 0.0697. The van der Waals surface area contributed by atoms with Crippen LogP contribution in [0.25, 0.3) is 10.9 Å². The summed E-state index contributed by atoms with van der Waals surface area (Å²) in [4.78, 5) is 15.9. The SMILES string of the molecule is CC[C@H](CO)Nc1c2c(nc3ccc(C(=O)O)cc13)CCC2. The Hall–Kier alpha value is -2.14. The summed E-state index contributed by atoms with van der Waals surface area (Å²) in [5.74, 6) is -0.942. The van der Waals surface area contributed by atoms with Gasteiger partial charge < -0.3 is 15.5 Å². The number of aromatic nitrogens is 1. The number of aryl methyl sites for hydroxylation is 1. The molecule has 1 aliphatic carbocycles. The average Bonchev–Trinajstić information content (AvgIpc) is 2.99. The van der Waals surface area contributed by atoms with E-state index >= 15 is 0 Å². The first kappa shape index (κ1) is 14.8. The van der Waals surface area contributed by atoms with E-state index in [1.165, 1.54) is 5.56 Å². The molecule has 1 heterocycles. The maximum atomic E-state index is 11.2. The summed E-state index contributed by atoms with van der Waals surface area (Å²) in [6, 6.07) is 4.99. The summed E-state index contributed by atoms with van der Waals surface area (Å²) >= 11 is 0. The summed E-state index contributed by atoms with van der Waals surface area (Å²) in [5.41, 5.74) is 4.27. The zero-order valence-corrected chi connectivity index (χ0v) is 12.6. The van der Waals surface area contributed by atoms with Crippen LogP contribution in [0.1, 0.15) is 41.4 Å². The predicted molar refractivity (Wildman–Crippen MR) is 85.5 cm³/mol. The van der Waals surface area contributed by atoms with Gasteiger partial charge in [0.25, 0.3) is 0 Å². The summed E-state index contributed by atoms with van der Waals surface area (Å²) in [7, 11) is 0. The third-order valence-corrected chi connectivity index (χ3v) is 4.32. The van der Waals surface area contributed by atoms with E-state index in [-0.39, 0.29) is 18.2 Å². The molecule has 0 radical (unpaired) electrons. The third kappa shape index (κ3) is 2.52. The van der Waals surface area contributed by atoms with Crippen molar-refractivity contribution in [1.29, 1.82) is 0 Å². The van der Waals surface area contributed by atoms with Crippen LogP contribution in [0.5, 0.6) is 0 Å². The lowest BCUT2D eigenvalue weighted by Gasteiger charge is -2.20. The molecule has 3 rings (SSSR count). The lowest BCUT2D eigenvalue weighted by atomic mass is 10.0. The van der Waals surface area contributed by atoms with E-state index < -0.39 is 5.97 Å². The Kier molecular flexibility index (Phi) is 3.98. The van der Waals surface area contributed by atoms with Gasteiger partial charge in [-0.05, 0) is 49.4 Å². The summed E-state index contributed by atoms with van der Waals surface area (Å²) in [5, 5.41) is 22.9. The van der Waals surface area contributed by atoms with E-state index in [0.717, 1.165) is 48.0 Å². The van der Waals surface area contributed by atoms with Crippen LogP contribution in [-0.4, -0.2) is 33.8 Å². The number of hydrogen-bond acceptors (Lipinski definition) is 4. The van der Waals surface area contributed by atoms with E-state index in [4.69, 9.17) is 0 Å². The highest BCUT2D eigenvalue weighted by molar-refractivity contribution is 5.99. The number of aliphatic hydroxyl groups excluding tert-OH is 1. The second-order valence-electron chi connectivity index (χ2n) is 5.73. The molecular formula is C17H20N2O3. The first-order chi connectivity index (χ1) is 10.6. The minimum Gasteiger partial charge on any atom is -0.478 e. The van der Waals surface area contributed by atoms with Crippen molar-refractivity contribution in [3.05, 3.63) is 35.0 Å². The zero-order valence-electron chi connectivity index (χ0n) is 12.6. The number of rotatable bonds is 5. The normalized spacial score (nSPS) is 14.8. The van der Waals surface area contributed by atoms with Gasteiger partial charge >= 0.3 is 5.97 Å². The molecule has 2 aromatic rings. The highest BCUT2D eigenvalue weighted by atomic mass is 16.4. The van der Waals surface area contributed by atoms with Gasteiger partial charge in [0.2, 0.25) is 0 Å². The topological polar surface area (TPSA) is 82.5 Å². The molecule has 1 aliphatic rings. The standard InChI is InChI=1S/C17H20N2O3/c1-2-11(9-20)18-16-12-4-3-5-14(12)19-15-7-6-10(17(21)22)8-13(15)16/h6-8,11,20H,2-5,9H2,1H3,(H,18,19)(H,21,22)/t11-/m1/s1. The molecule has 0 aliphatic heterocycles. The monoisotopic (exact) mass is 300 g/mol. The van der Waals surface area contributed by atoms with Gasteiger partial charge in [0, 0.05) is 22.8 Å². The Morgan fingerprint density at radius 2 is 2.23 bits per heavy atom. The van der Waals surface area contributed by atoms with Gasteiger partial charge in [-0.2, -0.15) is 0 Å². The van der Waals surface area contributed by atoms with Crippen molar-refractivity contribution in [3.8, 4) is 0 Å². The molecule has 0 saturated carbocycles. The number of pyridine rings is 1. The molecule has 1 aromatic carbocycles. The van der Waals surface area contributed by atoms with Crippen LogP contribution < -0.4 is 5.32 Å². The number of nitrogens with one attached hydrogen (secondary N) is 1. The minimum atomic E-state index is -0.942. The molecule has 0 fully saturated rings. The fraction of sp³-hybridized carbons (Fsp3) is 0.412. The summed E-state index contributed by atoms with van der Waals surface area (Å²) in [6.07, 6.45) is 3.76. The predicted octanol–water partition coefficient (Wildman–Crippen LogP) is 2.60. The van der Waals surface area contributed by atoms with Gasteiger partial charge in [-0.1, -0.05) is 6.92 Å². The first-order valence-electron chi connectivity index (χ1n) is 7.70. The molecular weight excluding hydrogens is 280 g/mol. The van der Waals surface area contributed by atoms with Crippen molar-refractivity contribution in [2.45, 2.75) is 38.6 Å². The molecule has 5 heteroatoms. The van der Waals surface area contributed by atoms with Crippen LogP contribution in [0, 0.1) is 0 Å². The largest absolute Gasteiger partial charge is 0.478 e. The van der Waals surface area contributed by atoms with Crippen molar-refractivity contribution >= 4 is 22.6 Å². The van der Waals surface area contributed by atoms with Gasteiger partial charge in [-0.15, -0.1) is 0 Å². The van der Waals surface area contributed by atoms with Gasteiger partial charge in [-0.3, -0.25) is 4.98 Å². The van der Waals surface area contributed by atoms with Crippen molar-refractivity contribution in [1.82, 2.24) is 4.98 Å². The molecule has 0 amide bonds. The molecule has 3 N–H and O–H groups in total.